The number of benzene rings is 1. The topological polar surface area (TPSA) is 69.7 Å². The molecule has 7 heteroatoms. The smallest absolute Gasteiger partial charge is 0.254 e. The molecule has 0 aromatic heterocycles. The van der Waals surface area contributed by atoms with Crippen molar-refractivity contribution in [1.82, 2.24) is 14.5 Å². The van der Waals surface area contributed by atoms with Gasteiger partial charge >= 0.3 is 0 Å². The van der Waals surface area contributed by atoms with Crippen LogP contribution in [0.25, 0.3) is 0 Å². The average Bonchev–Trinajstić information content (AvgIpc) is 2.47. The quantitative estimate of drug-likeness (QED) is 0.876. The summed E-state index contributed by atoms with van der Waals surface area (Å²) in [6.07, 6.45) is 0. The third-order valence-corrected chi connectivity index (χ3v) is 5.43. The normalized spacial score (nSPS) is 19.8. The zero-order chi connectivity index (χ0) is 15.6. The second kappa shape index (κ2) is 6.13. The predicted molar refractivity (Wildman–Crippen MR) is 80.7 cm³/mol. The van der Waals surface area contributed by atoms with Crippen molar-refractivity contribution in [3.8, 4) is 0 Å². The van der Waals surface area contributed by atoms with Gasteiger partial charge in [0, 0.05) is 45.3 Å². The van der Waals surface area contributed by atoms with Crippen LogP contribution in [0.5, 0.6) is 0 Å². The molecule has 0 radical (unpaired) electrons. The van der Waals surface area contributed by atoms with Gasteiger partial charge in [0.2, 0.25) is 10.0 Å². The highest BCUT2D eigenvalue weighted by atomic mass is 32.2. The Labute approximate surface area is 125 Å². The average molecular weight is 311 g/mol. The fraction of sp³-hybridized carbons (Fsp3) is 0.500. The summed E-state index contributed by atoms with van der Waals surface area (Å²) >= 11 is 0. The molecule has 2 rings (SSSR count). The van der Waals surface area contributed by atoms with Gasteiger partial charge < -0.3 is 10.2 Å². The highest BCUT2D eigenvalue weighted by Gasteiger charge is 2.25. The summed E-state index contributed by atoms with van der Waals surface area (Å²) in [6, 6.07) is 6.32. The Balaban J connectivity index is 2.31. The van der Waals surface area contributed by atoms with Gasteiger partial charge in [-0.2, -0.15) is 0 Å². The van der Waals surface area contributed by atoms with Crippen LogP contribution in [-0.4, -0.2) is 63.3 Å². The minimum absolute atomic E-state index is 0.0976. The van der Waals surface area contributed by atoms with Crippen molar-refractivity contribution in [3.63, 3.8) is 0 Å². The summed E-state index contributed by atoms with van der Waals surface area (Å²) in [5, 5.41) is 3.22. The third kappa shape index (κ3) is 3.25. The molecule has 116 valence electrons. The number of nitrogens with zero attached hydrogens (tertiary/aromatic N) is 2. The first-order chi connectivity index (χ1) is 9.84. The predicted octanol–water partition coefficient (Wildman–Crippen LogP) is 0.371. The molecule has 0 bridgehead atoms. The monoisotopic (exact) mass is 311 g/mol. The maximum absolute atomic E-state index is 12.5. The molecule has 0 aliphatic carbocycles. The van der Waals surface area contributed by atoms with Gasteiger partial charge in [-0.15, -0.1) is 0 Å². The van der Waals surface area contributed by atoms with E-state index in [1.165, 1.54) is 26.2 Å². The lowest BCUT2D eigenvalue weighted by Crippen LogP contribution is -2.52. The number of carbonyl (C=O) groups excluding carboxylic acids is 1. The number of amides is 1. The van der Waals surface area contributed by atoms with Crippen LogP contribution >= 0.6 is 0 Å². The zero-order valence-corrected chi connectivity index (χ0v) is 13.4. The van der Waals surface area contributed by atoms with E-state index in [2.05, 4.69) is 5.32 Å². The van der Waals surface area contributed by atoms with Crippen molar-refractivity contribution in [3.05, 3.63) is 29.8 Å². The first-order valence-corrected chi connectivity index (χ1v) is 8.32. The van der Waals surface area contributed by atoms with Crippen molar-refractivity contribution in [2.45, 2.75) is 17.9 Å². The van der Waals surface area contributed by atoms with Gasteiger partial charge in [0.15, 0.2) is 0 Å². The molecule has 1 aliphatic heterocycles. The molecule has 1 N–H and O–H groups in total. The van der Waals surface area contributed by atoms with E-state index in [1.54, 1.807) is 17.0 Å². The second-order valence-corrected chi connectivity index (χ2v) is 7.52. The van der Waals surface area contributed by atoms with Gasteiger partial charge in [-0.3, -0.25) is 4.79 Å². The Kier molecular flexibility index (Phi) is 4.65. The Morgan fingerprint density at radius 1 is 1.38 bits per heavy atom. The fourth-order valence-corrected chi connectivity index (χ4v) is 3.26. The summed E-state index contributed by atoms with van der Waals surface area (Å²) in [5.41, 5.74) is 0.409. The highest BCUT2D eigenvalue weighted by molar-refractivity contribution is 7.89. The molecule has 1 aromatic rings. The number of rotatable bonds is 3. The van der Waals surface area contributed by atoms with Crippen LogP contribution in [0, 0.1) is 0 Å². The van der Waals surface area contributed by atoms with Gasteiger partial charge in [-0.25, -0.2) is 12.7 Å². The fourth-order valence-electron chi connectivity index (χ4n) is 2.31. The van der Waals surface area contributed by atoms with Crippen molar-refractivity contribution < 1.29 is 13.2 Å². The Bertz CT molecular complexity index is 628. The maximum Gasteiger partial charge on any atom is 0.254 e. The van der Waals surface area contributed by atoms with Gasteiger partial charge in [-0.05, 0) is 25.1 Å². The minimum atomic E-state index is -3.53. The number of carbonyl (C=O) groups is 1. The summed E-state index contributed by atoms with van der Waals surface area (Å²) in [7, 11) is -0.578. The number of nitrogens with one attached hydrogen (secondary N) is 1. The van der Waals surface area contributed by atoms with Crippen LogP contribution in [0.1, 0.15) is 17.3 Å². The van der Waals surface area contributed by atoms with Crippen LogP contribution in [0.15, 0.2) is 29.2 Å². The first-order valence-electron chi connectivity index (χ1n) is 6.88. The molecule has 0 saturated carbocycles. The number of piperazine rings is 1. The Hall–Kier alpha value is -1.44. The maximum atomic E-state index is 12.5. The van der Waals surface area contributed by atoms with E-state index in [4.69, 9.17) is 0 Å². The van der Waals surface area contributed by atoms with E-state index in [0.717, 1.165) is 17.4 Å². The van der Waals surface area contributed by atoms with Crippen molar-refractivity contribution in [2.75, 3.05) is 33.7 Å². The number of hydrogen-bond donors (Lipinski definition) is 1. The molecule has 1 aromatic carbocycles. The molecule has 1 amide bonds. The molecule has 1 heterocycles. The lowest BCUT2D eigenvalue weighted by Gasteiger charge is -2.34. The first kappa shape index (κ1) is 15.9. The summed E-state index contributed by atoms with van der Waals surface area (Å²) in [6.45, 7) is 4.11. The van der Waals surface area contributed by atoms with Crippen molar-refractivity contribution in [2.24, 2.45) is 0 Å². The standard InChI is InChI=1S/C14H21N3O3S/c1-11-10-15-7-8-17(11)14(18)12-5-4-6-13(9-12)21(19,20)16(2)3/h4-6,9,11,15H,7-8,10H2,1-3H3/t11-/m1/s1. The molecule has 0 unspecified atom stereocenters. The second-order valence-electron chi connectivity index (χ2n) is 5.37. The molecular weight excluding hydrogens is 290 g/mol. The van der Waals surface area contributed by atoms with Crippen LogP contribution in [0.4, 0.5) is 0 Å². The summed E-state index contributed by atoms with van der Waals surface area (Å²) < 4.78 is 25.4. The molecule has 1 fully saturated rings. The third-order valence-electron chi connectivity index (χ3n) is 3.62. The molecule has 1 saturated heterocycles. The summed E-state index contributed by atoms with van der Waals surface area (Å²) in [4.78, 5) is 14.5. The van der Waals surface area contributed by atoms with E-state index in [1.807, 2.05) is 6.92 Å². The largest absolute Gasteiger partial charge is 0.333 e. The highest BCUT2D eigenvalue weighted by Crippen LogP contribution is 2.17. The van der Waals surface area contributed by atoms with Crippen LogP contribution in [0.2, 0.25) is 0 Å². The number of hydrogen-bond acceptors (Lipinski definition) is 4. The zero-order valence-electron chi connectivity index (χ0n) is 12.5. The van der Waals surface area contributed by atoms with E-state index in [9.17, 15) is 13.2 Å². The minimum Gasteiger partial charge on any atom is -0.333 e. The van der Waals surface area contributed by atoms with Gasteiger partial charge in [0.05, 0.1) is 4.90 Å². The molecule has 0 spiro atoms. The molecular formula is C14H21N3O3S. The van der Waals surface area contributed by atoms with Gasteiger partial charge in [0.25, 0.3) is 5.91 Å². The molecule has 21 heavy (non-hydrogen) atoms. The SMILES string of the molecule is C[C@@H]1CNCCN1C(=O)c1cccc(S(=O)(=O)N(C)C)c1. The van der Waals surface area contributed by atoms with Crippen LogP contribution in [0.3, 0.4) is 0 Å². The molecule has 1 aliphatic rings. The van der Waals surface area contributed by atoms with Gasteiger partial charge in [0.1, 0.15) is 0 Å². The Morgan fingerprint density at radius 2 is 2.10 bits per heavy atom. The van der Waals surface area contributed by atoms with Crippen molar-refractivity contribution in [1.29, 1.82) is 0 Å². The van der Waals surface area contributed by atoms with Gasteiger partial charge in [-0.1, -0.05) is 6.07 Å². The number of sulfonamides is 1. The Morgan fingerprint density at radius 3 is 2.71 bits per heavy atom. The van der Waals surface area contributed by atoms with E-state index in [0.29, 0.717) is 12.1 Å². The van der Waals surface area contributed by atoms with Crippen LogP contribution < -0.4 is 5.32 Å². The lowest BCUT2D eigenvalue weighted by molar-refractivity contribution is 0.0655. The van der Waals surface area contributed by atoms with E-state index >= 15 is 0 Å². The van der Waals surface area contributed by atoms with Crippen molar-refractivity contribution >= 4 is 15.9 Å². The molecule has 1 atom stereocenters. The lowest BCUT2D eigenvalue weighted by atomic mass is 10.1. The summed E-state index contributed by atoms with van der Waals surface area (Å²) in [5.74, 6) is -0.125. The molecule has 6 nitrogen and oxygen atoms in total. The van der Waals surface area contributed by atoms with E-state index < -0.39 is 10.0 Å². The van der Waals surface area contributed by atoms with E-state index in [-0.39, 0.29) is 16.8 Å². The van der Waals surface area contributed by atoms with Crippen LogP contribution in [-0.2, 0) is 10.0 Å².